The van der Waals surface area contributed by atoms with Crippen molar-refractivity contribution in [3.63, 3.8) is 0 Å². The lowest BCUT2D eigenvalue weighted by Gasteiger charge is -2.04. The number of thiophene rings is 1. The highest BCUT2D eigenvalue weighted by Crippen LogP contribution is 2.30. The van der Waals surface area contributed by atoms with Crippen LogP contribution in [0.3, 0.4) is 0 Å². The fraction of sp³-hybridized carbons (Fsp3) is 0.0769. The number of aryl methyl sites for hydroxylation is 1. The summed E-state index contributed by atoms with van der Waals surface area (Å²) >= 11 is 5.07. The van der Waals surface area contributed by atoms with Crippen LogP contribution in [0.4, 0.5) is 5.69 Å². The van der Waals surface area contributed by atoms with Gasteiger partial charge < -0.3 is 5.73 Å². The molecular formula is C13H11BrN4S. The molecule has 1 aromatic carbocycles. The molecule has 2 N–H and O–H groups in total. The van der Waals surface area contributed by atoms with Gasteiger partial charge in [0.15, 0.2) is 11.6 Å². The van der Waals surface area contributed by atoms with Gasteiger partial charge in [0.25, 0.3) is 0 Å². The van der Waals surface area contributed by atoms with Gasteiger partial charge in [-0.1, -0.05) is 22.0 Å². The van der Waals surface area contributed by atoms with Gasteiger partial charge in [0, 0.05) is 22.8 Å². The van der Waals surface area contributed by atoms with Crippen LogP contribution in [-0.2, 0) is 7.05 Å². The first-order chi connectivity index (χ1) is 9.15. The Labute approximate surface area is 123 Å². The van der Waals surface area contributed by atoms with Gasteiger partial charge in [-0.15, -0.1) is 16.4 Å². The van der Waals surface area contributed by atoms with E-state index in [1.165, 1.54) is 0 Å². The Morgan fingerprint density at radius 2 is 2.16 bits per heavy atom. The SMILES string of the molecule is Cn1nc(-c2cccs2)nc1-c1cc(Br)ccc1N. The number of nitrogens with two attached hydrogens (primary N) is 1. The van der Waals surface area contributed by atoms with Crippen LogP contribution in [0, 0.1) is 0 Å². The molecule has 0 fully saturated rings. The van der Waals surface area contributed by atoms with Crippen LogP contribution < -0.4 is 5.73 Å². The summed E-state index contributed by atoms with van der Waals surface area (Å²) in [7, 11) is 1.87. The maximum absolute atomic E-state index is 6.02. The highest BCUT2D eigenvalue weighted by Gasteiger charge is 2.14. The largest absolute Gasteiger partial charge is 0.398 e. The van der Waals surface area contributed by atoms with Crippen LogP contribution >= 0.6 is 27.3 Å². The molecule has 0 saturated heterocycles. The Balaban J connectivity index is 2.13. The van der Waals surface area contributed by atoms with Crippen molar-refractivity contribution >= 4 is 33.0 Å². The summed E-state index contributed by atoms with van der Waals surface area (Å²) in [5, 5.41) is 6.46. The third-order valence-corrected chi connectivity index (χ3v) is 4.12. The number of nitrogens with zero attached hydrogens (tertiary/aromatic N) is 3. The van der Waals surface area contributed by atoms with Crippen molar-refractivity contribution < 1.29 is 0 Å². The van der Waals surface area contributed by atoms with Gasteiger partial charge in [-0.3, -0.25) is 0 Å². The van der Waals surface area contributed by atoms with Gasteiger partial charge >= 0.3 is 0 Å². The van der Waals surface area contributed by atoms with Crippen molar-refractivity contribution in [1.82, 2.24) is 14.8 Å². The minimum atomic E-state index is 0.691. The number of hydrogen-bond donors (Lipinski definition) is 1. The second-order valence-corrected chi connectivity index (χ2v) is 5.95. The summed E-state index contributed by atoms with van der Waals surface area (Å²) in [4.78, 5) is 5.64. The van der Waals surface area contributed by atoms with E-state index in [0.717, 1.165) is 26.6 Å². The number of halogens is 1. The van der Waals surface area contributed by atoms with E-state index in [4.69, 9.17) is 5.73 Å². The zero-order valence-corrected chi connectivity index (χ0v) is 12.6. The highest BCUT2D eigenvalue weighted by molar-refractivity contribution is 9.10. The minimum Gasteiger partial charge on any atom is -0.398 e. The molecule has 3 rings (SSSR count). The molecule has 0 atom stereocenters. The van der Waals surface area contributed by atoms with Gasteiger partial charge in [0.1, 0.15) is 0 Å². The lowest BCUT2D eigenvalue weighted by molar-refractivity contribution is 0.778. The molecule has 4 nitrogen and oxygen atoms in total. The molecule has 0 amide bonds. The molecule has 6 heteroatoms. The maximum Gasteiger partial charge on any atom is 0.191 e. The molecule has 0 unspecified atom stereocenters. The summed E-state index contributed by atoms with van der Waals surface area (Å²) in [6.07, 6.45) is 0. The first kappa shape index (κ1) is 12.4. The van der Waals surface area contributed by atoms with Crippen molar-refractivity contribution in [1.29, 1.82) is 0 Å². The molecular weight excluding hydrogens is 324 g/mol. The van der Waals surface area contributed by atoms with Crippen molar-refractivity contribution in [3.8, 4) is 22.1 Å². The zero-order valence-electron chi connectivity index (χ0n) is 10.2. The van der Waals surface area contributed by atoms with E-state index >= 15 is 0 Å². The second kappa shape index (κ2) is 4.79. The predicted octanol–water partition coefficient (Wildman–Crippen LogP) is 3.56. The average molecular weight is 335 g/mol. The van der Waals surface area contributed by atoms with Gasteiger partial charge in [0.2, 0.25) is 0 Å². The van der Waals surface area contributed by atoms with E-state index in [-0.39, 0.29) is 0 Å². The van der Waals surface area contributed by atoms with E-state index in [1.54, 1.807) is 16.0 Å². The van der Waals surface area contributed by atoms with Crippen molar-refractivity contribution in [2.75, 3.05) is 5.73 Å². The second-order valence-electron chi connectivity index (χ2n) is 4.09. The third kappa shape index (κ3) is 2.29. The van der Waals surface area contributed by atoms with Gasteiger partial charge in [-0.05, 0) is 29.6 Å². The van der Waals surface area contributed by atoms with Crippen LogP contribution in [0.1, 0.15) is 0 Å². The topological polar surface area (TPSA) is 56.7 Å². The van der Waals surface area contributed by atoms with Crippen LogP contribution in [0.15, 0.2) is 40.2 Å². The lowest BCUT2D eigenvalue weighted by Crippen LogP contribution is -1.98. The Kier molecular flexibility index (Phi) is 3.12. The first-order valence-electron chi connectivity index (χ1n) is 5.65. The molecule has 0 bridgehead atoms. The maximum atomic E-state index is 6.02. The lowest BCUT2D eigenvalue weighted by atomic mass is 10.2. The normalized spacial score (nSPS) is 10.8. The van der Waals surface area contributed by atoms with Gasteiger partial charge in [-0.2, -0.15) is 0 Å². The number of aromatic nitrogens is 3. The van der Waals surface area contributed by atoms with Crippen LogP contribution in [0.5, 0.6) is 0 Å². The monoisotopic (exact) mass is 334 g/mol. The number of hydrogen-bond acceptors (Lipinski definition) is 4. The summed E-state index contributed by atoms with van der Waals surface area (Å²) in [6, 6.07) is 9.73. The molecule has 3 aromatic rings. The zero-order chi connectivity index (χ0) is 13.4. The fourth-order valence-corrected chi connectivity index (χ4v) is 2.87. The first-order valence-corrected chi connectivity index (χ1v) is 7.33. The molecule has 2 aromatic heterocycles. The van der Waals surface area contributed by atoms with Crippen LogP contribution in [0.2, 0.25) is 0 Å². The molecule has 0 spiro atoms. The highest BCUT2D eigenvalue weighted by atomic mass is 79.9. The molecule has 0 aliphatic carbocycles. The fourth-order valence-electron chi connectivity index (χ4n) is 1.85. The predicted molar refractivity (Wildman–Crippen MR) is 81.9 cm³/mol. The standard InChI is InChI=1S/C13H11BrN4S/c1-18-13(9-7-8(14)4-5-10(9)15)16-12(17-18)11-3-2-6-19-11/h2-7H,15H2,1H3. The number of rotatable bonds is 2. The Bertz CT molecular complexity index is 718. The summed E-state index contributed by atoms with van der Waals surface area (Å²) < 4.78 is 2.73. The van der Waals surface area contributed by atoms with Gasteiger partial charge in [0.05, 0.1) is 4.88 Å². The van der Waals surface area contributed by atoms with Crippen molar-refractivity contribution in [2.24, 2.45) is 7.05 Å². The quantitative estimate of drug-likeness (QED) is 0.729. The van der Waals surface area contributed by atoms with E-state index in [0.29, 0.717) is 5.69 Å². The van der Waals surface area contributed by atoms with Crippen LogP contribution in [-0.4, -0.2) is 14.8 Å². The molecule has 0 aliphatic rings. The number of benzene rings is 1. The summed E-state index contributed by atoms with van der Waals surface area (Å²) in [5.41, 5.74) is 7.59. The van der Waals surface area contributed by atoms with Gasteiger partial charge in [-0.25, -0.2) is 9.67 Å². The Morgan fingerprint density at radius 3 is 2.89 bits per heavy atom. The molecule has 0 aliphatic heterocycles. The van der Waals surface area contributed by atoms with E-state index in [2.05, 4.69) is 26.0 Å². The Hall–Kier alpha value is -1.66. The molecule has 0 saturated carbocycles. The minimum absolute atomic E-state index is 0.691. The van der Waals surface area contributed by atoms with E-state index in [1.807, 2.05) is 42.8 Å². The number of anilines is 1. The van der Waals surface area contributed by atoms with E-state index < -0.39 is 0 Å². The van der Waals surface area contributed by atoms with E-state index in [9.17, 15) is 0 Å². The average Bonchev–Trinajstić information content (AvgIpc) is 3.01. The molecule has 2 heterocycles. The third-order valence-electron chi connectivity index (χ3n) is 2.76. The molecule has 0 radical (unpaired) electrons. The summed E-state index contributed by atoms with van der Waals surface area (Å²) in [6.45, 7) is 0. The molecule has 96 valence electrons. The van der Waals surface area contributed by atoms with Crippen molar-refractivity contribution in [2.45, 2.75) is 0 Å². The number of nitrogen functional groups attached to an aromatic ring is 1. The van der Waals surface area contributed by atoms with Crippen LogP contribution in [0.25, 0.3) is 22.1 Å². The van der Waals surface area contributed by atoms with Crippen molar-refractivity contribution in [3.05, 3.63) is 40.2 Å². The molecule has 19 heavy (non-hydrogen) atoms. The Morgan fingerprint density at radius 1 is 1.32 bits per heavy atom. The smallest absolute Gasteiger partial charge is 0.191 e. The summed E-state index contributed by atoms with van der Waals surface area (Å²) in [5.74, 6) is 1.49.